The largest absolute Gasteiger partial charge is 0.371 e. The predicted molar refractivity (Wildman–Crippen MR) is 88.9 cm³/mol. The van der Waals surface area contributed by atoms with Crippen LogP contribution < -0.4 is 10.2 Å². The highest BCUT2D eigenvalue weighted by Gasteiger charge is 2.24. The number of rotatable bonds is 5. The molecule has 1 amide bonds. The molecule has 21 heavy (non-hydrogen) atoms. The van der Waals surface area contributed by atoms with Crippen molar-refractivity contribution in [1.29, 1.82) is 0 Å². The summed E-state index contributed by atoms with van der Waals surface area (Å²) in [5, 5.41) is 3.83. The second kappa shape index (κ2) is 7.69. The van der Waals surface area contributed by atoms with Crippen LogP contribution in [-0.4, -0.2) is 25.5 Å². The summed E-state index contributed by atoms with van der Waals surface area (Å²) in [6.07, 6.45) is 2.88. The number of amides is 1. The standard InChI is InChI=1S/C17H25ClN2O/c1-13(2)6-9-19-17(21)14-7-10-20(11-8-14)16-5-3-4-15(18)12-16/h3-5,12-14H,6-11H2,1-2H3,(H,19,21). The molecule has 1 aromatic rings. The molecule has 1 saturated heterocycles. The molecule has 0 aromatic heterocycles. The van der Waals surface area contributed by atoms with E-state index in [4.69, 9.17) is 11.6 Å². The van der Waals surface area contributed by atoms with E-state index in [1.54, 1.807) is 0 Å². The van der Waals surface area contributed by atoms with Crippen LogP contribution in [0.1, 0.15) is 33.1 Å². The van der Waals surface area contributed by atoms with Gasteiger partial charge in [-0.1, -0.05) is 31.5 Å². The van der Waals surface area contributed by atoms with Gasteiger partial charge in [-0.3, -0.25) is 4.79 Å². The van der Waals surface area contributed by atoms with Gasteiger partial charge in [0.15, 0.2) is 0 Å². The molecule has 0 unspecified atom stereocenters. The fourth-order valence-electron chi connectivity index (χ4n) is 2.70. The monoisotopic (exact) mass is 308 g/mol. The van der Waals surface area contributed by atoms with Crippen molar-refractivity contribution >= 4 is 23.2 Å². The second-order valence-electron chi connectivity index (χ2n) is 6.21. The molecular weight excluding hydrogens is 284 g/mol. The Hall–Kier alpha value is -1.22. The number of anilines is 1. The first-order chi connectivity index (χ1) is 10.1. The number of hydrogen-bond donors (Lipinski definition) is 1. The van der Waals surface area contributed by atoms with Crippen molar-refractivity contribution in [2.75, 3.05) is 24.5 Å². The molecule has 0 atom stereocenters. The number of nitrogens with one attached hydrogen (secondary N) is 1. The van der Waals surface area contributed by atoms with Crippen LogP contribution in [0.2, 0.25) is 5.02 Å². The molecule has 1 N–H and O–H groups in total. The Bertz CT molecular complexity index is 468. The number of piperidine rings is 1. The minimum Gasteiger partial charge on any atom is -0.371 e. The first kappa shape index (κ1) is 16.2. The van der Waals surface area contributed by atoms with E-state index >= 15 is 0 Å². The molecule has 0 spiro atoms. The molecule has 1 aliphatic heterocycles. The zero-order chi connectivity index (χ0) is 15.2. The van der Waals surface area contributed by atoms with E-state index < -0.39 is 0 Å². The van der Waals surface area contributed by atoms with Crippen molar-refractivity contribution in [3.05, 3.63) is 29.3 Å². The quantitative estimate of drug-likeness (QED) is 0.899. The van der Waals surface area contributed by atoms with Crippen molar-refractivity contribution in [3.8, 4) is 0 Å². The zero-order valence-corrected chi connectivity index (χ0v) is 13.7. The highest BCUT2D eigenvalue weighted by molar-refractivity contribution is 6.30. The van der Waals surface area contributed by atoms with Crippen LogP contribution in [0.15, 0.2) is 24.3 Å². The average Bonchev–Trinajstić information content (AvgIpc) is 2.47. The van der Waals surface area contributed by atoms with Gasteiger partial charge in [0.2, 0.25) is 5.91 Å². The summed E-state index contributed by atoms with van der Waals surface area (Å²) in [5.74, 6) is 1.02. The summed E-state index contributed by atoms with van der Waals surface area (Å²) < 4.78 is 0. The highest BCUT2D eigenvalue weighted by Crippen LogP contribution is 2.25. The van der Waals surface area contributed by atoms with E-state index in [1.807, 2.05) is 18.2 Å². The van der Waals surface area contributed by atoms with Gasteiger partial charge in [0.1, 0.15) is 0 Å². The van der Waals surface area contributed by atoms with E-state index in [2.05, 4.69) is 30.1 Å². The molecule has 116 valence electrons. The van der Waals surface area contributed by atoms with Gasteiger partial charge in [0.05, 0.1) is 0 Å². The van der Waals surface area contributed by atoms with Crippen LogP contribution in [0, 0.1) is 11.8 Å². The summed E-state index contributed by atoms with van der Waals surface area (Å²) in [6.45, 7) is 6.99. The minimum atomic E-state index is 0.160. The summed E-state index contributed by atoms with van der Waals surface area (Å²) >= 11 is 6.04. The Morgan fingerprint density at radius 2 is 2.10 bits per heavy atom. The number of hydrogen-bond acceptors (Lipinski definition) is 2. The van der Waals surface area contributed by atoms with Gasteiger partial charge in [-0.05, 0) is 43.4 Å². The molecule has 1 aliphatic rings. The lowest BCUT2D eigenvalue weighted by molar-refractivity contribution is -0.125. The van der Waals surface area contributed by atoms with Crippen molar-refractivity contribution in [1.82, 2.24) is 5.32 Å². The predicted octanol–water partition coefficient (Wildman–Crippen LogP) is 3.72. The lowest BCUT2D eigenvalue weighted by atomic mass is 9.95. The first-order valence-electron chi connectivity index (χ1n) is 7.84. The van der Waals surface area contributed by atoms with Gasteiger partial charge in [-0.2, -0.15) is 0 Å². The number of halogens is 1. The van der Waals surface area contributed by atoms with E-state index in [1.165, 1.54) is 0 Å². The SMILES string of the molecule is CC(C)CCNC(=O)C1CCN(c2cccc(Cl)c2)CC1. The van der Waals surface area contributed by atoms with Gasteiger partial charge >= 0.3 is 0 Å². The van der Waals surface area contributed by atoms with Crippen molar-refractivity contribution in [3.63, 3.8) is 0 Å². The number of nitrogens with zero attached hydrogens (tertiary/aromatic N) is 1. The van der Waals surface area contributed by atoms with Crippen molar-refractivity contribution in [2.45, 2.75) is 33.1 Å². The summed E-state index contributed by atoms with van der Waals surface area (Å²) in [7, 11) is 0. The summed E-state index contributed by atoms with van der Waals surface area (Å²) in [6, 6.07) is 7.93. The van der Waals surface area contributed by atoms with Crippen molar-refractivity contribution < 1.29 is 4.79 Å². The maximum Gasteiger partial charge on any atom is 0.223 e. The lowest BCUT2D eigenvalue weighted by Crippen LogP contribution is -2.41. The minimum absolute atomic E-state index is 0.160. The van der Waals surface area contributed by atoms with Crippen LogP contribution in [0.4, 0.5) is 5.69 Å². The smallest absolute Gasteiger partial charge is 0.223 e. The topological polar surface area (TPSA) is 32.3 Å². The first-order valence-corrected chi connectivity index (χ1v) is 8.22. The van der Waals surface area contributed by atoms with Crippen molar-refractivity contribution in [2.24, 2.45) is 11.8 Å². The maximum absolute atomic E-state index is 12.1. The van der Waals surface area contributed by atoms with E-state index in [9.17, 15) is 4.79 Å². The molecule has 3 nitrogen and oxygen atoms in total. The van der Waals surface area contributed by atoms with Crippen LogP contribution in [0.25, 0.3) is 0 Å². The zero-order valence-electron chi connectivity index (χ0n) is 12.9. The number of carbonyl (C=O) groups excluding carboxylic acids is 1. The fourth-order valence-corrected chi connectivity index (χ4v) is 2.89. The molecule has 0 aliphatic carbocycles. The Kier molecular flexibility index (Phi) is 5.92. The third-order valence-electron chi connectivity index (χ3n) is 4.06. The summed E-state index contributed by atoms with van der Waals surface area (Å²) in [4.78, 5) is 14.4. The molecule has 1 aromatic carbocycles. The average molecular weight is 309 g/mol. The Balaban J connectivity index is 1.79. The van der Waals surface area contributed by atoms with Gasteiger partial charge in [0.25, 0.3) is 0 Å². The molecule has 0 saturated carbocycles. The normalized spacial score (nSPS) is 16.3. The Labute approximate surface area is 132 Å². The third kappa shape index (κ3) is 4.92. The van der Waals surface area contributed by atoms with Crippen LogP contribution in [0.5, 0.6) is 0 Å². The number of carbonyl (C=O) groups is 1. The Morgan fingerprint density at radius 1 is 1.38 bits per heavy atom. The van der Waals surface area contributed by atoms with Crippen LogP contribution >= 0.6 is 11.6 Å². The number of benzene rings is 1. The van der Waals surface area contributed by atoms with E-state index in [0.717, 1.165) is 49.6 Å². The van der Waals surface area contributed by atoms with Gasteiger partial charge in [0, 0.05) is 36.3 Å². The molecule has 0 radical (unpaired) electrons. The van der Waals surface area contributed by atoms with Gasteiger partial charge in [-0.25, -0.2) is 0 Å². The molecule has 1 fully saturated rings. The highest BCUT2D eigenvalue weighted by atomic mass is 35.5. The molecule has 2 rings (SSSR count). The molecule has 0 bridgehead atoms. The van der Waals surface area contributed by atoms with Crippen LogP contribution in [-0.2, 0) is 4.79 Å². The van der Waals surface area contributed by atoms with Gasteiger partial charge in [-0.15, -0.1) is 0 Å². The maximum atomic E-state index is 12.1. The molecular formula is C17H25ClN2O. The van der Waals surface area contributed by atoms with Gasteiger partial charge < -0.3 is 10.2 Å². The molecule has 4 heteroatoms. The fraction of sp³-hybridized carbons (Fsp3) is 0.588. The van der Waals surface area contributed by atoms with E-state index in [0.29, 0.717) is 5.92 Å². The molecule has 1 heterocycles. The Morgan fingerprint density at radius 3 is 2.71 bits per heavy atom. The lowest BCUT2D eigenvalue weighted by Gasteiger charge is -2.33. The second-order valence-corrected chi connectivity index (χ2v) is 6.65. The summed E-state index contributed by atoms with van der Waals surface area (Å²) in [5.41, 5.74) is 1.15. The third-order valence-corrected chi connectivity index (χ3v) is 4.30. The van der Waals surface area contributed by atoms with Crippen LogP contribution in [0.3, 0.4) is 0 Å². The van der Waals surface area contributed by atoms with E-state index in [-0.39, 0.29) is 11.8 Å².